The summed E-state index contributed by atoms with van der Waals surface area (Å²) in [7, 11) is 1.53. The third kappa shape index (κ3) is 2.78. The quantitative estimate of drug-likeness (QED) is 0.752. The van der Waals surface area contributed by atoms with Gasteiger partial charge in [0.05, 0.1) is 34.8 Å². The Bertz CT molecular complexity index is 659. The molecular weight excluding hydrogens is 280 g/mol. The number of carboxylic acids is 1. The third-order valence-corrected chi connectivity index (χ3v) is 3.09. The van der Waals surface area contributed by atoms with Gasteiger partial charge in [-0.15, -0.1) is 0 Å². The van der Waals surface area contributed by atoms with Gasteiger partial charge >= 0.3 is 5.97 Å². The second-order valence-corrected chi connectivity index (χ2v) is 4.45. The molecule has 0 saturated carbocycles. The van der Waals surface area contributed by atoms with Gasteiger partial charge in [-0.25, -0.2) is 4.79 Å². The number of benzene rings is 2. The van der Waals surface area contributed by atoms with Crippen LogP contribution in [0.2, 0.25) is 5.02 Å². The number of nitrogens with one attached hydrogen (secondary N) is 1. The Balaban J connectivity index is 2.47. The van der Waals surface area contributed by atoms with Crippen molar-refractivity contribution in [3.63, 3.8) is 0 Å². The highest BCUT2D eigenvalue weighted by Crippen LogP contribution is 2.33. The molecule has 0 aliphatic carbocycles. The minimum atomic E-state index is -1.07. The second kappa shape index (κ2) is 5.71. The van der Waals surface area contributed by atoms with Crippen LogP contribution in [0.5, 0.6) is 5.75 Å². The topological polar surface area (TPSA) is 84.6 Å². The lowest BCUT2D eigenvalue weighted by Gasteiger charge is -2.14. The van der Waals surface area contributed by atoms with E-state index in [1.165, 1.54) is 13.2 Å². The number of ether oxygens (including phenoxy) is 1. The van der Waals surface area contributed by atoms with Gasteiger partial charge in [-0.05, 0) is 24.3 Å². The Hall–Kier alpha value is -2.40. The van der Waals surface area contributed by atoms with Crippen LogP contribution in [-0.4, -0.2) is 18.2 Å². The number of methoxy groups -OCH3 is 1. The van der Waals surface area contributed by atoms with Crippen LogP contribution in [0.4, 0.5) is 17.1 Å². The van der Waals surface area contributed by atoms with Gasteiger partial charge in [0.1, 0.15) is 5.75 Å². The Morgan fingerprint density at radius 2 is 2.10 bits per heavy atom. The van der Waals surface area contributed by atoms with Gasteiger partial charge in [0.25, 0.3) is 0 Å². The predicted octanol–water partition coefficient (Wildman–Crippen LogP) is 3.37. The van der Waals surface area contributed by atoms with Crippen LogP contribution in [0.15, 0.2) is 36.4 Å². The van der Waals surface area contributed by atoms with Crippen molar-refractivity contribution in [2.24, 2.45) is 0 Å². The Kier molecular flexibility index (Phi) is 4.00. The molecule has 5 nitrogen and oxygen atoms in total. The first-order valence-corrected chi connectivity index (χ1v) is 6.13. The molecule has 0 unspecified atom stereocenters. The summed E-state index contributed by atoms with van der Waals surface area (Å²) in [4.78, 5) is 11.2. The van der Waals surface area contributed by atoms with E-state index in [1.807, 2.05) is 0 Å². The van der Waals surface area contributed by atoms with Crippen molar-refractivity contribution >= 4 is 34.6 Å². The number of hydrogen-bond acceptors (Lipinski definition) is 4. The zero-order valence-electron chi connectivity index (χ0n) is 10.7. The highest BCUT2D eigenvalue weighted by atomic mass is 35.5. The van der Waals surface area contributed by atoms with Crippen molar-refractivity contribution < 1.29 is 14.6 Å². The maximum absolute atomic E-state index is 11.2. The van der Waals surface area contributed by atoms with Gasteiger partial charge in [0.15, 0.2) is 0 Å². The van der Waals surface area contributed by atoms with Crippen molar-refractivity contribution in [1.29, 1.82) is 0 Å². The number of para-hydroxylation sites is 1. The predicted molar refractivity (Wildman–Crippen MR) is 79.1 cm³/mol. The number of halogens is 1. The SMILES string of the molecule is COc1ccc(Cl)c(Nc2c(N)cccc2C(=O)O)c1. The van der Waals surface area contributed by atoms with Crippen LogP contribution in [0.3, 0.4) is 0 Å². The first-order chi connectivity index (χ1) is 9.52. The van der Waals surface area contributed by atoms with E-state index in [4.69, 9.17) is 22.1 Å². The highest BCUT2D eigenvalue weighted by Gasteiger charge is 2.14. The van der Waals surface area contributed by atoms with Crippen LogP contribution in [0.1, 0.15) is 10.4 Å². The van der Waals surface area contributed by atoms with E-state index >= 15 is 0 Å². The Morgan fingerprint density at radius 1 is 1.35 bits per heavy atom. The normalized spacial score (nSPS) is 10.1. The summed E-state index contributed by atoms with van der Waals surface area (Å²) in [5, 5.41) is 12.6. The van der Waals surface area contributed by atoms with E-state index in [1.54, 1.807) is 30.3 Å². The molecule has 20 heavy (non-hydrogen) atoms. The number of nitrogen functional groups attached to an aromatic ring is 1. The molecule has 0 radical (unpaired) electrons. The molecule has 0 saturated heterocycles. The number of carboxylic acid groups (broad SMARTS) is 1. The first-order valence-electron chi connectivity index (χ1n) is 5.75. The van der Waals surface area contributed by atoms with E-state index in [-0.39, 0.29) is 5.56 Å². The fraction of sp³-hybridized carbons (Fsp3) is 0.0714. The molecule has 0 aliphatic heterocycles. The smallest absolute Gasteiger partial charge is 0.337 e. The highest BCUT2D eigenvalue weighted by molar-refractivity contribution is 6.33. The second-order valence-electron chi connectivity index (χ2n) is 4.05. The van der Waals surface area contributed by atoms with Gasteiger partial charge < -0.3 is 20.9 Å². The zero-order valence-corrected chi connectivity index (χ0v) is 11.4. The first kappa shape index (κ1) is 14.0. The summed E-state index contributed by atoms with van der Waals surface area (Å²) >= 11 is 6.08. The number of rotatable bonds is 4. The monoisotopic (exact) mass is 292 g/mol. The summed E-state index contributed by atoms with van der Waals surface area (Å²) < 4.78 is 5.11. The van der Waals surface area contributed by atoms with Crippen molar-refractivity contribution in [1.82, 2.24) is 0 Å². The largest absolute Gasteiger partial charge is 0.497 e. The van der Waals surface area contributed by atoms with E-state index in [0.29, 0.717) is 27.8 Å². The van der Waals surface area contributed by atoms with Gasteiger partial charge in [0, 0.05) is 6.07 Å². The van der Waals surface area contributed by atoms with Gasteiger partial charge in [0.2, 0.25) is 0 Å². The van der Waals surface area contributed by atoms with Crippen LogP contribution < -0.4 is 15.8 Å². The molecule has 2 aromatic rings. The van der Waals surface area contributed by atoms with Crippen molar-refractivity contribution in [3.05, 3.63) is 47.0 Å². The van der Waals surface area contributed by atoms with Gasteiger partial charge in [-0.1, -0.05) is 17.7 Å². The summed E-state index contributed by atoms with van der Waals surface area (Å²) in [5.41, 5.74) is 7.04. The molecule has 104 valence electrons. The standard InChI is InChI=1S/C14H13ClN2O3/c1-20-8-5-6-10(15)12(7-8)17-13-9(14(18)19)3-2-4-11(13)16/h2-7,17H,16H2,1H3,(H,18,19). The van der Waals surface area contributed by atoms with Gasteiger partial charge in [-0.2, -0.15) is 0 Å². The molecule has 0 aromatic heterocycles. The minimum absolute atomic E-state index is 0.0730. The van der Waals surface area contributed by atoms with Crippen LogP contribution in [0.25, 0.3) is 0 Å². The van der Waals surface area contributed by atoms with Crippen molar-refractivity contribution in [2.45, 2.75) is 0 Å². The molecular formula is C14H13ClN2O3. The molecule has 0 bridgehead atoms. The molecule has 0 aliphatic rings. The zero-order chi connectivity index (χ0) is 14.7. The lowest BCUT2D eigenvalue weighted by molar-refractivity contribution is 0.0698. The molecule has 4 N–H and O–H groups in total. The van der Waals surface area contributed by atoms with Crippen LogP contribution >= 0.6 is 11.6 Å². The summed E-state index contributed by atoms with van der Waals surface area (Å²) in [6.45, 7) is 0. The molecule has 0 atom stereocenters. The fourth-order valence-electron chi connectivity index (χ4n) is 1.75. The molecule has 0 amide bonds. The molecule has 0 spiro atoms. The van der Waals surface area contributed by atoms with E-state index in [9.17, 15) is 9.90 Å². The maximum Gasteiger partial charge on any atom is 0.337 e. The lowest BCUT2D eigenvalue weighted by atomic mass is 10.1. The number of anilines is 3. The van der Waals surface area contributed by atoms with E-state index in [0.717, 1.165) is 0 Å². The van der Waals surface area contributed by atoms with Gasteiger partial charge in [-0.3, -0.25) is 0 Å². The molecule has 6 heteroatoms. The maximum atomic E-state index is 11.2. The Labute approximate surface area is 120 Å². The molecule has 2 aromatic carbocycles. The number of carbonyl (C=O) groups is 1. The van der Waals surface area contributed by atoms with Crippen molar-refractivity contribution in [3.8, 4) is 5.75 Å². The lowest BCUT2D eigenvalue weighted by Crippen LogP contribution is -2.06. The summed E-state index contributed by atoms with van der Waals surface area (Å²) in [5.74, 6) is -0.470. The number of hydrogen-bond donors (Lipinski definition) is 3. The molecule has 0 fully saturated rings. The van der Waals surface area contributed by atoms with Crippen LogP contribution in [0, 0.1) is 0 Å². The molecule has 2 rings (SSSR count). The summed E-state index contributed by atoms with van der Waals surface area (Å²) in [6, 6.07) is 9.69. The fourth-order valence-corrected chi connectivity index (χ4v) is 1.91. The average molecular weight is 293 g/mol. The number of aromatic carboxylic acids is 1. The number of nitrogens with two attached hydrogens (primary N) is 1. The summed E-state index contributed by atoms with van der Waals surface area (Å²) in [6.07, 6.45) is 0. The Morgan fingerprint density at radius 3 is 2.75 bits per heavy atom. The van der Waals surface area contributed by atoms with E-state index in [2.05, 4.69) is 5.32 Å². The van der Waals surface area contributed by atoms with Crippen molar-refractivity contribution in [2.75, 3.05) is 18.2 Å². The molecule has 0 heterocycles. The average Bonchev–Trinajstić information content (AvgIpc) is 2.43. The minimum Gasteiger partial charge on any atom is -0.497 e. The van der Waals surface area contributed by atoms with E-state index < -0.39 is 5.97 Å². The third-order valence-electron chi connectivity index (χ3n) is 2.76. The van der Waals surface area contributed by atoms with Crippen LogP contribution in [-0.2, 0) is 0 Å².